The van der Waals surface area contributed by atoms with Gasteiger partial charge in [-0.2, -0.15) is 0 Å². The Morgan fingerprint density at radius 2 is 2.12 bits per heavy atom. The van der Waals surface area contributed by atoms with Crippen molar-refractivity contribution in [2.24, 2.45) is 10.7 Å². The van der Waals surface area contributed by atoms with Crippen molar-refractivity contribution < 1.29 is 0 Å². The first-order valence-electron chi connectivity index (χ1n) is 4.45. The number of aliphatic imine (C=N–C) groups is 1. The number of rotatable bonds is 2. The van der Waals surface area contributed by atoms with Gasteiger partial charge in [-0.3, -0.25) is 0 Å². The number of amidine groups is 1. The fourth-order valence-corrected chi connectivity index (χ4v) is 2.46. The molecule has 2 unspecified atom stereocenters. The molecular weight excluding hydrogens is 267 g/mol. The predicted octanol–water partition coefficient (Wildman–Crippen LogP) is 2.08. The number of alkyl halides is 1. The molecule has 0 fully saturated rings. The Bertz CT molecular complexity index is 432. The molecule has 1 aliphatic heterocycles. The number of hydrogen-bond donors (Lipinski definition) is 1. The van der Waals surface area contributed by atoms with Crippen LogP contribution < -0.4 is 5.73 Å². The van der Waals surface area contributed by atoms with Gasteiger partial charge in [0.1, 0.15) is 21.4 Å². The molecule has 7 heteroatoms. The van der Waals surface area contributed by atoms with Crippen LogP contribution in [0, 0.1) is 0 Å². The molecule has 0 amide bonds. The van der Waals surface area contributed by atoms with Crippen LogP contribution in [0.5, 0.6) is 0 Å². The molecule has 4 nitrogen and oxygen atoms in total. The fourth-order valence-electron chi connectivity index (χ4n) is 1.15. The van der Waals surface area contributed by atoms with Gasteiger partial charge >= 0.3 is 0 Å². The van der Waals surface area contributed by atoms with Crippen molar-refractivity contribution in [3.8, 4) is 0 Å². The quantitative estimate of drug-likeness (QED) is 0.839. The van der Waals surface area contributed by atoms with Crippen LogP contribution in [-0.2, 0) is 0 Å². The van der Waals surface area contributed by atoms with Crippen molar-refractivity contribution in [1.82, 2.24) is 9.97 Å². The van der Waals surface area contributed by atoms with Gasteiger partial charge in [-0.15, -0.1) is 11.6 Å². The lowest BCUT2D eigenvalue weighted by Crippen LogP contribution is -2.33. The van der Waals surface area contributed by atoms with Crippen LogP contribution in [0.15, 0.2) is 34.7 Å². The minimum atomic E-state index is -0.326. The van der Waals surface area contributed by atoms with E-state index in [1.807, 2.05) is 6.08 Å². The third kappa shape index (κ3) is 2.66. The van der Waals surface area contributed by atoms with Gasteiger partial charge in [-0.05, 0) is 0 Å². The smallest absolute Gasteiger partial charge is 0.147 e. The van der Waals surface area contributed by atoms with E-state index < -0.39 is 0 Å². The zero-order valence-corrected chi connectivity index (χ0v) is 10.4. The largest absolute Gasteiger partial charge is 0.386 e. The van der Waals surface area contributed by atoms with Gasteiger partial charge in [0.15, 0.2) is 0 Å². The van der Waals surface area contributed by atoms with E-state index in [1.165, 1.54) is 18.0 Å². The summed E-state index contributed by atoms with van der Waals surface area (Å²) < 4.78 is 0. The molecule has 0 aromatic carbocycles. The van der Waals surface area contributed by atoms with Gasteiger partial charge in [-0.1, -0.05) is 29.4 Å². The molecule has 16 heavy (non-hydrogen) atoms. The second-order valence-electron chi connectivity index (χ2n) is 3.06. The van der Waals surface area contributed by atoms with Crippen LogP contribution in [0.3, 0.4) is 0 Å². The summed E-state index contributed by atoms with van der Waals surface area (Å²) in [5, 5.41) is 0.800. The van der Waals surface area contributed by atoms with Crippen molar-refractivity contribution in [3.05, 3.63) is 29.8 Å². The molecule has 0 aliphatic carbocycles. The first-order chi connectivity index (χ1) is 7.66. The molecule has 2 heterocycles. The molecule has 1 aromatic heterocycles. The highest BCUT2D eigenvalue weighted by Crippen LogP contribution is 2.28. The molecular formula is C9H8Cl2N4S. The predicted molar refractivity (Wildman–Crippen MR) is 67.1 cm³/mol. The highest BCUT2D eigenvalue weighted by Gasteiger charge is 2.24. The summed E-state index contributed by atoms with van der Waals surface area (Å²) in [6.45, 7) is 0. The summed E-state index contributed by atoms with van der Waals surface area (Å²) in [7, 11) is 0. The number of halogens is 2. The SMILES string of the molecule is NC1=NC=CC(Sc2cnc(Cl)cn2)C1Cl. The maximum atomic E-state index is 6.11. The summed E-state index contributed by atoms with van der Waals surface area (Å²) >= 11 is 13.2. The molecule has 2 rings (SSSR count). The maximum Gasteiger partial charge on any atom is 0.147 e. The van der Waals surface area contributed by atoms with E-state index in [4.69, 9.17) is 28.9 Å². The van der Waals surface area contributed by atoms with Crippen molar-refractivity contribution in [1.29, 1.82) is 0 Å². The van der Waals surface area contributed by atoms with Crippen molar-refractivity contribution in [2.75, 3.05) is 0 Å². The van der Waals surface area contributed by atoms with E-state index in [1.54, 1.807) is 12.4 Å². The Morgan fingerprint density at radius 3 is 2.81 bits per heavy atom. The molecule has 2 N–H and O–H groups in total. The normalized spacial score (nSPS) is 24.2. The lowest BCUT2D eigenvalue weighted by Gasteiger charge is -2.19. The van der Waals surface area contributed by atoms with E-state index in [0.717, 1.165) is 5.03 Å². The molecule has 1 aromatic rings. The number of thioether (sulfide) groups is 1. The molecule has 0 saturated heterocycles. The Morgan fingerprint density at radius 1 is 1.31 bits per heavy atom. The second kappa shape index (κ2) is 5.03. The van der Waals surface area contributed by atoms with Gasteiger partial charge in [0, 0.05) is 6.20 Å². The third-order valence-electron chi connectivity index (χ3n) is 1.92. The molecule has 2 atom stereocenters. The molecule has 0 saturated carbocycles. The Labute approximate surface area is 107 Å². The molecule has 0 radical (unpaired) electrons. The molecule has 0 bridgehead atoms. The average molecular weight is 275 g/mol. The third-order valence-corrected chi connectivity index (χ3v) is 3.92. The zero-order chi connectivity index (χ0) is 11.5. The highest BCUT2D eigenvalue weighted by molar-refractivity contribution is 8.00. The van der Waals surface area contributed by atoms with Gasteiger partial charge in [0.05, 0.1) is 17.6 Å². The highest BCUT2D eigenvalue weighted by atomic mass is 35.5. The summed E-state index contributed by atoms with van der Waals surface area (Å²) in [5.74, 6) is 0.420. The molecule has 1 aliphatic rings. The van der Waals surface area contributed by atoms with Gasteiger partial charge in [0.25, 0.3) is 0 Å². The van der Waals surface area contributed by atoms with E-state index in [0.29, 0.717) is 11.0 Å². The minimum absolute atomic E-state index is 0.00893. The molecule has 0 spiro atoms. The summed E-state index contributed by atoms with van der Waals surface area (Å²) in [6.07, 6.45) is 6.63. The van der Waals surface area contributed by atoms with Crippen LogP contribution in [0.1, 0.15) is 0 Å². The zero-order valence-electron chi connectivity index (χ0n) is 8.05. The van der Waals surface area contributed by atoms with Crippen LogP contribution in [0.25, 0.3) is 0 Å². The number of aromatic nitrogens is 2. The van der Waals surface area contributed by atoms with E-state index >= 15 is 0 Å². The lowest BCUT2D eigenvalue weighted by atomic mass is 10.2. The number of nitrogens with two attached hydrogens (primary N) is 1. The molecule has 84 valence electrons. The topological polar surface area (TPSA) is 64.2 Å². The lowest BCUT2D eigenvalue weighted by molar-refractivity contribution is 1.02. The van der Waals surface area contributed by atoms with Crippen LogP contribution in [0.4, 0.5) is 0 Å². The van der Waals surface area contributed by atoms with E-state index in [-0.39, 0.29) is 10.6 Å². The number of nitrogens with zero attached hydrogens (tertiary/aromatic N) is 3. The Hall–Kier alpha value is -0.780. The van der Waals surface area contributed by atoms with E-state index in [9.17, 15) is 0 Å². The van der Waals surface area contributed by atoms with Gasteiger partial charge < -0.3 is 5.73 Å². The van der Waals surface area contributed by atoms with Gasteiger partial charge in [0.2, 0.25) is 0 Å². The summed E-state index contributed by atoms with van der Waals surface area (Å²) in [5.41, 5.74) is 5.64. The summed E-state index contributed by atoms with van der Waals surface area (Å²) in [4.78, 5) is 12.0. The van der Waals surface area contributed by atoms with E-state index in [2.05, 4.69) is 15.0 Å². The minimum Gasteiger partial charge on any atom is -0.386 e. The number of hydrogen-bond acceptors (Lipinski definition) is 5. The van der Waals surface area contributed by atoms with Crippen LogP contribution in [-0.4, -0.2) is 26.4 Å². The Balaban J connectivity index is 2.08. The van der Waals surface area contributed by atoms with Crippen LogP contribution in [0.2, 0.25) is 5.15 Å². The monoisotopic (exact) mass is 274 g/mol. The first kappa shape index (κ1) is 11.7. The standard InChI is InChI=1S/C9H8Cl2N4S/c10-6-3-15-7(4-14-6)16-5-1-2-13-9(12)8(5)11/h1-5,8H,(H2,12,13). The van der Waals surface area contributed by atoms with Crippen molar-refractivity contribution in [3.63, 3.8) is 0 Å². The van der Waals surface area contributed by atoms with Crippen molar-refractivity contribution >= 4 is 40.8 Å². The maximum absolute atomic E-state index is 6.11. The fraction of sp³-hybridized carbons (Fsp3) is 0.222. The average Bonchev–Trinajstić information content (AvgIpc) is 2.28. The first-order valence-corrected chi connectivity index (χ1v) is 6.14. The summed E-state index contributed by atoms with van der Waals surface area (Å²) in [6, 6.07) is 0. The van der Waals surface area contributed by atoms with Crippen molar-refractivity contribution in [2.45, 2.75) is 15.7 Å². The Kier molecular flexibility index (Phi) is 3.68. The second-order valence-corrected chi connectivity index (χ2v) is 5.11. The van der Waals surface area contributed by atoms with Gasteiger partial charge in [-0.25, -0.2) is 15.0 Å². The van der Waals surface area contributed by atoms with Crippen LogP contribution >= 0.6 is 35.0 Å².